The van der Waals surface area contributed by atoms with Gasteiger partial charge in [0.2, 0.25) is 0 Å². The largest absolute Gasteiger partial charge is 0.324 e. The summed E-state index contributed by atoms with van der Waals surface area (Å²) >= 11 is 0. The molecule has 2 atom stereocenters. The highest BCUT2D eigenvalue weighted by molar-refractivity contribution is 5.20. The number of hydrogen-bond donors (Lipinski definition) is 1. The molecule has 1 fully saturated rings. The third-order valence-corrected chi connectivity index (χ3v) is 4.21. The first-order valence-corrected chi connectivity index (χ1v) is 6.42. The van der Waals surface area contributed by atoms with Gasteiger partial charge >= 0.3 is 0 Å². The van der Waals surface area contributed by atoms with Crippen molar-refractivity contribution in [1.82, 2.24) is 0 Å². The smallest absolute Gasteiger partial charge is 0.0328 e. The van der Waals surface area contributed by atoms with E-state index >= 15 is 0 Å². The van der Waals surface area contributed by atoms with E-state index in [1.807, 2.05) is 0 Å². The van der Waals surface area contributed by atoms with Gasteiger partial charge in [0.1, 0.15) is 0 Å². The molecule has 2 unspecified atom stereocenters. The first kappa shape index (κ1) is 11.7. The lowest BCUT2D eigenvalue weighted by atomic mass is 9.65. The zero-order valence-electron chi connectivity index (χ0n) is 10.4. The van der Waals surface area contributed by atoms with Crippen molar-refractivity contribution in [2.24, 2.45) is 17.1 Å². The molecule has 1 aromatic rings. The van der Waals surface area contributed by atoms with Crippen LogP contribution in [0, 0.1) is 11.3 Å². The van der Waals surface area contributed by atoms with E-state index in [2.05, 4.69) is 44.2 Å². The SMILES string of the molecule is CC1(C)CCCCC1C(N)c1ccccc1. The van der Waals surface area contributed by atoms with Gasteiger partial charge in [-0.15, -0.1) is 0 Å². The fourth-order valence-corrected chi connectivity index (χ4v) is 3.09. The van der Waals surface area contributed by atoms with E-state index < -0.39 is 0 Å². The van der Waals surface area contributed by atoms with Gasteiger partial charge in [-0.25, -0.2) is 0 Å². The van der Waals surface area contributed by atoms with Crippen molar-refractivity contribution >= 4 is 0 Å². The molecule has 1 heteroatoms. The maximum absolute atomic E-state index is 6.45. The average molecular weight is 217 g/mol. The van der Waals surface area contributed by atoms with Crippen molar-refractivity contribution in [3.05, 3.63) is 35.9 Å². The van der Waals surface area contributed by atoms with E-state index in [0.717, 1.165) is 0 Å². The fraction of sp³-hybridized carbons (Fsp3) is 0.600. The molecule has 0 spiro atoms. The molecule has 1 aromatic carbocycles. The van der Waals surface area contributed by atoms with Crippen molar-refractivity contribution in [2.45, 2.75) is 45.6 Å². The Morgan fingerprint density at radius 3 is 2.50 bits per heavy atom. The number of hydrogen-bond acceptors (Lipinski definition) is 1. The van der Waals surface area contributed by atoms with Gasteiger partial charge in [0.25, 0.3) is 0 Å². The van der Waals surface area contributed by atoms with Crippen LogP contribution in [-0.2, 0) is 0 Å². The molecule has 0 aliphatic heterocycles. The van der Waals surface area contributed by atoms with Crippen molar-refractivity contribution in [1.29, 1.82) is 0 Å². The molecule has 0 aromatic heterocycles. The quantitative estimate of drug-likeness (QED) is 0.798. The Bertz CT molecular complexity index is 329. The number of benzene rings is 1. The highest BCUT2D eigenvalue weighted by atomic mass is 14.7. The summed E-state index contributed by atoms with van der Waals surface area (Å²) < 4.78 is 0. The zero-order chi connectivity index (χ0) is 11.6. The Labute approximate surface area is 99.0 Å². The maximum atomic E-state index is 6.45. The van der Waals surface area contributed by atoms with E-state index in [1.165, 1.54) is 31.2 Å². The molecule has 0 saturated heterocycles. The van der Waals surface area contributed by atoms with Crippen LogP contribution in [0.2, 0.25) is 0 Å². The van der Waals surface area contributed by atoms with Crippen LogP contribution in [0.25, 0.3) is 0 Å². The van der Waals surface area contributed by atoms with E-state index in [-0.39, 0.29) is 6.04 Å². The van der Waals surface area contributed by atoms with Gasteiger partial charge in [0.05, 0.1) is 0 Å². The van der Waals surface area contributed by atoms with E-state index in [0.29, 0.717) is 11.3 Å². The highest BCUT2D eigenvalue weighted by Crippen LogP contribution is 2.45. The fourth-order valence-electron chi connectivity index (χ4n) is 3.09. The maximum Gasteiger partial charge on any atom is 0.0328 e. The molecular weight excluding hydrogens is 194 g/mol. The van der Waals surface area contributed by atoms with Crippen molar-refractivity contribution in [2.75, 3.05) is 0 Å². The predicted octanol–water partition coefficient (Wildman–Crippen LogP) is 3.90. The summed E-state index contributed by atoms with van der Waals surface area (Å²) in [4.78, 5) is 0. The molecule has 2 N–H and O–H groups in total. The summed E-state index contributed by atoms with van der Waals surface area (Å²) in [5.41, 5.74) is 8.14. The molecule has 1 saturated carbocycles. The lowest BCUT2D eigenvalue weighted by Gasteiger charge is -2.42. The summed E-state index contributed by atoms with van der Waals surface area (Å²) in [6.45, 7) is 4.75. The minimum absolute atomic E-state index is 0.205. The van der Waals surface area contributed by atoms with Gasteiger partial charge in [-0.1, -0.05) is 57.0 Å². The summed E-state index contributed by atoms with van der Waals surface area (Å²) in [5, 5.41) is 0. The van der Waals surface area contributed by atoms with E-state index in [9.17, 15) is 0 Å². The van der Waals surface area contributed by atoms with Gasteiger partial charge in [-0.3, -0.25) is 0 Å². The molecule has 0 amide bonds. The molecule has 1 aliphatic rings. The molecule has 2 rings (SSSR count). The van der Waals surface area contributed by atoms with Gasteiger partial charge in [0.15, 0.2) is 0 Å². The molecule has 88 valence electrons. The molecule has 0 bridgehead atoms. The second kappa shape index (κ2) is 4.58. The highest BCUT2D eigenvalue weighted by Gasteiger charge is 2.36. The second-order valence-electron chi connectivity index (χ2n) is 5.78. The van der Waals surface area contributed by atoms with E-state index in [1.54, 1.807) is 0 Å². The Balaban J connectivity index is 2.17. The van der Waals surface area contributed by atoms with Crippen LogP contribution in [0.4, 0.5) is 0 Å². The Morgan fingerprint density at radius 2 is 1.88 bits per heavy atom. The topological polar surface area (TPSA) is 26.0 Å². The van der Waals surface area contributed by atoms with Crippen LogP contribution in [0.3, 0.4) is 0 Å². The van der Waals surface area contributed by atoms with Crippen molar-refractivity contribution in [3.63, 3.8) is 0 Å². The first-order chi connectivity index (χ1) is 7.61. The Kier molecular flexibility index (Phi) is 3.34. The van der Waals surface area contributed by atoms with Crippen LogP contribution < -0.4 is 5.73 Å². The van der Waals surface area contributed by atoms with Crippen LogP contribution in [-0.4, -0.2) is 0 Å². The Hall–Kier alpha value is -0.820. The molecule has 16 heavy (non-hydrogen) atoms. The number of nitrogens with two attached hydrogens (primary N) is 1. The summed E-state index contributed by atoms with van der Waals surface area (Å²) in [6, 6.07) is 10.8. The molecule has 0 heterocycles. The van der Waals surface area contributed by atoms with Crippen LogP contribution in [0.1, 0.15) is 51.1 Å². The van der Waals surface area contributed by atoms with Crippen molar-refractivity contribution in [3.8, 4) is 0 Å². The summed E-state index contributed by atoms with van der Waals surface area (Å²) in [5.74, 6) is 0.628. The van der Waals surface area contributed by atoms with Gasteiger partial charge in [0, 0.05) is 6.04 Å². The number of rotatable bonds is 2. The molecule has 1 aliphatic carbocycles. The lowest BCUT2D eigenvalue weighted by Crippen LogP contribution is -2.36. The summed E-state index contributed by atoms with van der Waals surface area (Å²) in [7, 11) is 0. The zero-order valence-corrected chi connectivity index (χ0v) is 10.4. The minimum Gasteiger partial charge on any atom is -0.324 e. The average Bonchev–Trinajstić information content (AvgIpc) is 2.29. The van der Waals surface area contributed by atoms with E-state index in [4.69, 9.17) is 5.73 Å². The monoisotopic (exact) mass is 217 g/mol. The third-order valence-electron chi connectivity index (χ3n) is 4.21. The van der Waals surface area contributed by atoms with Crippen molar-refractivity contribution < 1.29 is 0 Å². The predicted molar refractivity (Wildman–Crippen MR) is 69.1 cm³/mol. The lowest BCUT2D eigenvalue weighted by molar-refractivity contribution is 0.112. The molecule has 1 nitrogen and oxygen atoms in total. The minimum atomic E-state index is 0.205. The van der Waals surface area contributed by atoms with Crippen LogP contribution in [0.5, 0.6) is 0 Å². The van der Waals surface area contributed by atoms with Crippen LogP contribution in [0.15, 0.2) is 30.3 Å². The van der Waals surface area contributed by atoms with Gasteiger partial charge in [-0.2, -0.15) is 0 Å². The standard InChI is InChI=1S/C15H23N/c1-15(2)11-7-6-10-13(15)14(16)12-8-4-3-5-9-12/h3-5,8-9,13-14H,6-7,10-11,16H2,1-2H3. The molecular formula is C15H23N. The first-order valence-electron chi connectivity index (χ1n) is 6.42. The van der Waals surface area contributed by atoms with Gasteiger partial charge < -0.3 is 5.73 Å². The van der Waals surface area contributed by atoms with Crippen LogP contribution >= 0.6 is 0 Å². The Morgan fingerprint density at radius 1 is 1.19 bits per heavy atom. The normalized spacial score (nSPS) is 26.3. The summed E-state index contributed by atoms with van der Waals surface area (Å²) in [6.07, 6.45) is 5.31. The second-order valence-corrected chi connectivity index (χ2v) is 5.78. The van der Waals surface area contributed by atoms with Gasteiger partial charge in [-0.05, 0) is 29.7 Å². The third kappa shape index (κ3) is 2.30. The molecule has 0 radical (unpaired) electrons.